The molecular weight excluding hydrogens is 338 g/mol. The van der Waals surface area contributed by atoms with Crippen molar-refractivity contribution in [2.45, 2.75) is 17.7 Å². The Kier molecular flexibility index (Phi) is 3.77. The quantitative estimate of drug-likeness (QED) is 0.897. The van der Waals surface area contributed by atoms with Crippen molar-refractivity contribution in [2.75, 3.05) is 29.4 Å². The summed E-state index contributed by atoms with van der Waals surface area (Å²) in [6, 6.07) is 12.9. The van der Waals surface area contributed by atoms with Crippen molar-refractivity contribution in [1.82, 2.24) is 0 Å². The van der Waals surface area contributed by atoms with E-state index < -0.39 is 10.0 Å². The highest BCUT2D eigenvalue weighted by molar-refractivity contribution is 7.89. The Bertz CT molecular complexity index is 956. The second-order valence-corrected chi connectivity index (χ2v) is 7.99. The molecule has 2 aliphatic heterocycles. The molecule has 0 spiro atoms. The van der Waals surface area contributed by atoms with E-state index in [1.54, 1.807) is 17.0 Å². The fraction of sp³-hybridized carbons (Fsp3) is 0.278. The zero-order valence-electron chi connectivity index (χ0n) is 13.7. The maximum absolute atomic E-state index is 12.8. The number of anilines is 2. The molecule has 0 saturated carbocycles. The van der Waals surface area contributed by atoms with Gasteiger partial charge >= 0.3 is 0 Å². The van der Waals surface area contributed by atoms with Crippen LogP contribution in [0.25, 0.3) is 0 Å². The van der Waals surface area contributed by atoms with E-state index in [1.165, 1.54) is 11.6 Å². The molecule has 0 fully saturated rings. The van der Waals surface area contributed by atoms with E-state index in [9.17, 15) is 13.2 Å². The lowest BCUT2D eigenvalue weighted by atomic mass is 10.2. The second-order valence-electron chi connectivity index (χ2n) is 6.43. The third-order valence-electron chi connectivity index (χ3n) is 4.89. The Morgan fingerprint density at radius 1 is 1.00 bits per heavy atom. The minimum atomic E-state index is -3.73. The minimum absolute atomic E-state index is 0.0267. The Morgan fingerprint density at radius 3 is 2.56 bits per heavy atom. The number of hydrogen-bond donors (Lipinski definition) is 1. The van der Waals surface area contributed by atoms with Crippen LogP contribution in [0.1, 0.15) is 11.1 Å². The van der Waals surface area contributed by atoms with E-state index in [0.717, 1.165) is 29.9 Å². The van der Waals surface area contributed by atoms with Crippen LogP contribution >= 0.6 is 0 Å². The van der Waals surface area contributed by atoms with Crippen LogP contribution in [0.15, 0.2) is 47.4 Å². The number of amides is 1. The third-order valence-corrected chi connectivity index (χ3v) is 5.80. The van der Waals surface area contributed by atoms with E-state index in [-0.39, 0.29) is 10.8 Å². The topological polar surface area (TPSA) is 83.7 Å². The van der Waals surface area contributed by atoms with Crippen molar-refractivity contribution in [3.05, 3.63) is 53.6 Å². The molecule has 2 N–H and O–H groups in total. The van der Waals surface area contributed by atoms with Crippen molar-refractivity contribution in [1.29, 1.82) is 0 Å². The molecule has 4 rings (SSSR count). The molecule has 7 heteroatoms. The maximum Gasteiger partial charge on any atom is 0.246 e. The Labute approximate surface area is 146 Å². The van der Waals surface area contributed by atoms with Crippen LogP contribution in [0.2, 0.25) is 0 Å². The van der Waals surface area contributed by atoms with Crippen molar-refractivity contribution in [3.8, 4) is 0 Å². The molecule has 130 valence electrons. The first-order valence-corrected chi connectivity index (χ1v) is 9.77. The predicted octanol–water partition coefficient (Wildman–Crippen LogP) is 1.29. The van der Waals surface area contributed by atoms with Crippen molar-refractivity contribution >= 4 is 27.3 Å². The Balaban J connectivity index is 1.54. The number of nitrogens with zero attached hydrogens (tertiary/aromatic N) is 2. The first-order chi connectivity index (χ1) is 11.9. The van der Waals surface area contributed by atoms with Gasteiger partial charge in [0.1, 0.15) is 0 Å². The maximum atomic E-state index is 12.8. The molecule has 2 heterocycles. The number of hydrogen-bond acceptors (Lipinski definition) is 4. The van der Waals surface area contributed by atoms with Crippen LogP contribution in [-0.2, 0) is 27.7 Å². The van der Waals surface area contributed by atoms with Gasteiger partial charge in [-0.1, -0.05) is 18.2 Å². The van der Waals surface area contributed by atoms with Gasteiger partial charge in [-0.05, 0) is 48.2 Å². The van der Waals surface area contributed by atoms with Crippen LogP contribution in [0.5, 0.6) is 0 Å². The zero-order chi connectivity index (χ0) is 17.6. The van der Waals surface area contributed by atoms with Crippen molar-refractivity contribution in [3.63, 3.8) is 0 Å². The highest BCUT2D eigenvalue weighted by Crippen LogP contribution is 2.31. The van der Waals surface area contributed by atoms with Gasteiger partial charge in [0.25, 0.3) is 0 Å². The molecule has 6 nitrogen and oxygen atoms in total. The smallest absolute Gasteiger partial charge is 0.246 e. The second kappa shape index (κ2) is 5.86. The van der Waals surface area contributed by atoms with Gasteiger partial charge in [0.2, 0.25) is 15.9 Å². The number of nitrogens with two attached hydrogens (primary N) is 1. The SMILES string of the molecule is NS(=O)(=O)c1ccc2c(c1)CCN2C(=O)CN1CCc2ccccc21. The first kappa shape index (κ1) is 16.1. The van der Waals surface area contributed by atoms with Crippen LogP contribution < -0.4 is 14.9 Å². The highest BCUT2D eigenvalue weighted by Gasteiger charge is 2.28. The van der Waals surface area contributed by atoms with Gasteiger partial charge in [-0.2, -0.15) is 0 Å². The lowest BCUT2D eigenvalue weighted by Crippen LogP contribution is -2.39. The summed E-state index contributed by atoms with van der Waals surface area (Å²) in [5.74, 6) is 0.0267. The van der Waals surface area contributed by atoms with Gasteiger partial charge in [0.05, 0.1) is 11.4 Å². The van der Waals surface area contributed by atoms with Gasteiger partial charge < -0.3 is 9.80 Å². The third kappa shape index (κ3) is 2.89. The minimum Gasteiger partial charge on any atom is -0.362 e. The summed E-state index contributed by atoms with van der Waals surface area (Å²) in [5, 5.41) is 5.18. The van der Waals surface area contributed by atoms with E-state index in [2.05, 4.69) is 11.0 Å². The fourth-order valence-corrected chi connectivity index (χ4v) is 4.20. The van der Waals surface area contributed by atoms with Crippen LogP contribution in [0.3, 0.4) is 0 Å². The molecule has 0 aliphatic carbocycles. The van der Waals surface area contributed by atoms with Gasteiger partial charge in [0.15, 0.2) is 0 Å². The van der Waals surface area contributed by atoms with Crippen LogP contribution in [-0.4, -0.2) is 34.0 Å². The van der Waals surface area contributed by atoms with Crippen molar-refractivity contribution in [2.24, 2.45) is 5.14 Å². The number of benzene rings is 2. The first-order valence-electron chi connectivity index (χ1n) is 8.22. The molecule has 0 unspecified atom stereocenters. The standard InChI is InChI=1S/C18H19N3O3S/c19-25(23,24)15-5-6-17-14(11-15)8-10-21(17)18(22)12-20-9-7-13-3-1-2-4-16(13)20/h1-6,11H,7-10,12H2,(H2,19,23,24). The summed E-state index contributed by atoms with van der Waals surface area (Å²) >= 11 is 0. The normalized spacial score (nSPS) is 16.0. The summed E-state index contributed by atoms with van der Waals surface area (Å²) in [4.78, 5) is 16.7. The summed E-state index contributed by atoms with van der Waals surface area (Å²) in [5.41, 5.74) is 4.03. The molecule has 2 aromatic rings. The molecule has 0 atom stereocenters. The fourth-order valence-electron chi connectivity index (χ4n) is 3.63. The zero-order valence-corrected chi connectivity index (χ0v) is 14.5. The molecule has 0 aromatic heterocycles. The Hall–Kier alpha value is -2.38. The van der Waals surface area contributed by atoms with E-state index >= 15 is 0 Å². The van der Waals surface area contributed by atoms with Crippen LogP contribution in [0, 0.1) is 0 Å². The molecule has 1 amide bonds. The Morgan fingerprint density at radius 2 is 1.76 bits per heavy atom. The van der Waals surface area contributed by atoms with Gasteiger partial charge in [-0.25, -0.2) is 13.6 Å². The number of rotatable bonds is 3. The number of primary sulfonamides is 1. The number of carbonyl (C=O) groups excluding carboxylic acids is 1. The monoisotopic (exact) mass is 357 g/mol. The number of para-hydroxylation sites is 1. The lowest BCUT2D eigenvalue weighted by Gasteiger charge is -2.23. The van der Waals surface area contributed by atoms with E-state index in [1.807, 2.05) is 18.2 Å². The summed E-state index contributed by atoms with van der Waals surface area (Å²) in [6.45, 7) is 1.74. The van der Waals surface area contributed by atoms with Gasteiger partial charge in [0, 0.05) is 24.5 Å². The number of carbonyl (C=O) groups is 1. The summed E-state index contributed by atoms with van der Waals surface area (Å²) in [6.07, 6.45) is 1.60. The number of fused-ring (bicyclic) bond motifs is 2. The summed E-state index contributed by atoms with van der Waals surface area (Å²) < 4.78 is 23.0. The molecule has 0 saturated heterocycles. The van der Waals surface area contributed by atoms with Gasteiger partial charge in [-0.15, -0.1) is 0 Å². The molecule has 2 aliphatic rings. The molecule has 0 bridgehead atoms. The molecule has 2 aromatic carbocycles. The highest BCUT2D eigenvalue weighted by atomic mass is 32.2. The molecule has 25 heavy (non-hydrogen) atoms. The average Bonchev–Trinajstić information content (AvgIpc) is 3.18. The largest absolute Gasteiger partial charge is 0.362 e. The van der Waals surface area contributed by atoms with E-state index in [4.69, 9.17) is 5.14 Å². The average molecular weight is 357 g/mol. The lowest BCUT2D eigenvalue weighted by molar-refractivity contribution is -0.117. The van der Waals surface area contributed by atoms with Crippen molar-refractivity contribution < 1.29 is 13.2 Å². The van der Waals surface area contributed by atoms with Crippen LogP contribution in [0.4, 0.5) is 11.4 Å². The van der Waals surface area contributed by atoms with E-state index in [0.29, 0.717) is 19.5 Å². The van der Waals surface area contributed by atoms with Gasteiger partial charge in [-0.3, -0.25) is 4.79 Å². The number of sulfonamides is 1. The summed E-state index contributed by atoms with van der Waals surface area (Å²) in [7, 11) is -3.73. The predicted molar refractivity (Wildman–Crippen MR) is 96.2 cm³/mol. The molecule has 0 radical (unpaired) electrons. The molecular formula is C18H19N3O3S.